The number of rotatable bonds is 8. The number of nitrogens with two attached hydrogens (primary N) is 1. The molecular formula is C13H17N5O2. The molecule has 0 spiro atoms. The van der Waals surface area contributed by atoms with E-state index in [9.17, 15) is 0 Å². The number of nitriles is 1. The number of hydrazone groups is 1. The molecule has 0 aliphatic heterocycles. The SMILES string of the molecule is CCOCCOc1ccccc1N/N=C(\C#N)C(=N)N. The lowest BCUT2D eigenvalue weighted by Gasteiger charge is -2.10. The van der Waals surface area contributed by atoms with Gasteiger partial charge in [-0.2, -0.15) is 10.4 Å². The molecule has 0 radical (unpaired) electrons. The van der Waals surface area contributed by atoms with Crippen LogP contribution in [0, 0.1) is 16.7 Å². The summed E-state index contributed by atoms with van der Waals surface area (Å²) in [6.07, 6.45) is 0. The summed E-state index contributed by atoms with van der Waals surface area (Å²) in [6, 6.07) is 8.86. The van der Waals surface area contributed by atoms with Gasteiger partial charge in [-0.05, 0) is 19.1 Å². The van der Waals surface area contributed by atoms with E-state index < -0.39 is 5.84 Å². The van der Waals surface area contributed by atoms with Gasteiger partial charge in [-0.1, -0.05) is 12.1 Å². The molecule has 106 valence electrons. The van der Waals surface area contributed by atoms with Gasteiger partial charge < -0.3 is 15.2 Å². The molecule has 0 amide bonds. The van der Waals surface area contributed by atoms with Crippen molar-refractivity contribution < 1.29 is 9.47 Å². The molecule has 1 rings (SSSR count). The maximum Gasteiger partial charge on any atom is 0.201 e. The number of anilines is 1. The van der Waals surface area contributed by atoms with Gasteiger partial charge >= 0.3 is 0 Å². The van der Waals surface area contributed by atoms with Crippen LogP contribution in [-0.2, 0) is 4.74 Å². The Labute approximate surface area is 117 Å². The highest BCUT2D eigenvalue weighted by atomic mass is 16.5. The number of nitrogens with zero attached hydrogens (tertiary/aromatic N) is 2. The van der Waals surface area contributed by atoms with Crippen molar-refractivity contribution in [2.45, 2.75) is 6.92 Å². The van der Waals surface area contributed by atoms with Crippen LogP contribution in [-0.4, -0.2) is 31.4 Å². The van der Waals surface area contributed by atoms with E-state index in [1.807, 2.05) is 13.0 Å². The Morgan fingerprint density at radius 1 is 1.45 bits per heavy atom. The summed E-state index contributed by atoms with van der Waals surface area (Å²) in [6.45, 7) is 3.45. The zero-order valence-corrected chi connectivity index (χ0v) is 11.2. The van der Waals surface area contributed by atoms with Crippen LogP contribution in [0.1, 0.15) is 6.92 Å². The van der Waals surface area contributed by atoms with Gasteiger partial charge in [0.2, 0.25) is 5.71 Å². The molecule has 0 saturated heterocycles. The molecule has 0 aromatic heterocycles. The van der Waals surface area contributed by atoms with Gasteiger partial charge in [0.05, 0.1) is 12.3 Å². The fourth-order valence-electron chi connectivity index (χ4n) is 1.30. The minimum Gasteiger partial charge on any atom is -0.489 e. The molecule has 0 saturated carbocycles. The van der Waals surface area contributed by atoms with E-state index in [1.165, 1.54) is 0 Å². The van der Waals surface area contributed by atoms with Gasteiger partial charge in [-0.15, -0.1) is 0 Å². The predicted molar refractivity (Wildman–Crippen MR) is 77.0 cm³/mol. The van der Waals surface area contributed by atoms with E-state index in [4.69, 9.17) is 25.9 Å². The quantitative estimate of drug-likeness (QED) is 0.286. The van der Waals surface area contributed by atoms with Gasteiger partial charge in [0.15, 0.2) is 5.84 Å². The highest BCUT2D eigenvalue weighted by Gasteiger charge is 2.04. The van der Waals surface area contributed by atoms with Crippen LogP contribution in [0.5, 0.6) is 5.75 Å². The first kappa shape index (κ1) is 15.5. The number of para-hydroxylation sites is 2. The third kappa shape index (κ3) is 4.96. The van der Waals surface area contributed by atoms with E-state index in [-0.39, 0.29) is 5.71 Å². The first-order valence-corrected chi connectivity index (χ1v) is 6.06. The van der Waals surface area contributed by atoms with Crippen LogP contribution in [0.25, 0.3) is 0 Å². The number of amidine groups is 1. The van der Waals surface area contributed by atoms with E-state index >= 15 is 0 Å². The molecule has 0 bridgehead atoms. The van der Waals surface area contributed by atoms with Gasteiger partial charge in [0.25, 0.3) is 0 Å². The summed E-state index contributed by atoms with van der Waals surface area (Å²) in [7, 11) is 0. The van der Waals surface area contributed by atoms with Crippen LogP contribution in [0.15, 0.2) is 29.4 Å². The molecule has 7 nitrogen and oxygen atoms in total. The molecule has 0 aliphatic rings. The van der Waals surface area contributed by atoms with E-state index in [0.29, 0.717) is 31.3 Å². The first-order valence-electron chi connectivity index (χ1n) is 6.06. The molecule has 0 aliphatic carbocycles. The van der Waals surface area contributed by atoms with Gasteiger partial charge in [0.1, 0.15) is 18.4 Å². The molecule has 0 unspecified atom stereocenters. The summed E-state index contributed by atoms with van der Waals surface area (Å²) in [5, 5.41) is 19.7. The molecule has 1 aromatic carbocycles. The average Bonchev–Trinajstić information content (AvgIpc) is 2.45. The number of benzene rings is 1. The van der Waals surface area contributed by atoms with Crippen molar-refractivity contribution in [3.63, 3.8) is 0 Å². The van der Waals surface area contributed by atoms with Crippen molar-refractivity contribution in [1.29, 1.82) is 10.7 Å². The summed E-state index contributed by atoms with van der Waals surface area (Å²) >= 11 is 0. The Hall–Kier alpha value is -2.59. The van der Waals surface area contributed by atoms with Crippen molar-refractivity contribution in [2.24, 2.45) is 10.8 Å². The smallest absolute Gasteiger partial charge is 0.201 e. The van der Waals surface area contributed by atoms with Crippen molar-refractivity contribution in [3.8, 4) is 11.8 Å². The lowest BCUT2D eigenvalue weighted by atomic mass is 10.3. The van der Waals surface area contributed by atoms with Gasteiger partial charge in [0, 0.05) is 6.61 Å². The van der Waals surface area contributed by atoms with E-state index in [2.05, 4.69) is 10.5 Å². The second-order valence-corrected chi connectivity index (χ2v) is 3.64. The maximum absolute atomic E-state index is 8.75. The summed E-state index contributed by atoms with van der Waals surface area (Å²) in [5.41, 5.74) is 8.27. The normalized spacial score (nSPS) is 10.7. The minimum absolute atomic E-state index is 0.186. The fraction of sp³-hybridized carbons (Fsp3) is 0.308. The predicted octanol–water partition coefficient (Wildman–Crippen LogP) is 1.33. The zero-order chi connectivity index (χ0) is 14.8. The maximum atomic E-state index is 8.75. The molecule has 1 aromatic rings. The largest absolute Gasteiger partial charge is 0.489 e. The van der Waals surface area contributed by atoms with Crippen LogP contribution >= 0.6 is 0 Å². The Bertz CT molecular complexity index is 522. The molecule has 0 fully saturated rings. The Kier molecular flexibility index (Phi) is 6.57. The van der Waals surface area contributed by atoms with Crippen molar-refractivity contribution in [1.82, 2.24) is 0 Å². The topological polar surface area (TPSA) is 117 Å². The second-order valence-electron chi connectivity index (χ2n) is 3.64. The lowest BCUT2D eigenvalue weighted by Crippen LogP contribution is -2.22. The standard InChI is InChI=1S/C13H17N5O2/c1-2-19-7-8-20-12-6-4-3-5-10(12)17-18-11(9-14)13(15)16/h3-6,17H,2,7-8H2,1H3,(H3,15,16)/b18-11+. The molecule has 0 atom stereocenters. The van der Waals surface area contributed by atoms with Crippen LogP contribution in [0.3, 0.4) is 0 Å². The molecule has 7 heteroatoms. The number of hydrogen-bond donors (Lipinski definition) is 3. The zero-order valence-electron chi connectivity index (χ0n) is 11.2. The van der Waals surface area contributed by atoms with Crippen LogP contribution in [0.4, 0.5) is 5.69 Å². The van der Waals surface area contributed by atoms with E-state index in [1.54, 1.807) is 24.3 Å². The summed E-state index contributed by atoms with van der Waals surface area (Å²) in [4.78, 5) is 0. The summed E-state index contributed by atoms with van der Waals surface area (Å²) < 4.78 is 10.7. The Morgan fingerprint density at radius 3 is 2.85 bits per heavy atom. The molecule has 0 heterocycles. The van der Waals surface area contributed by atoms with Gasteiger partial charge in [-0.3, -0.25) is 10.8 Å². The highest BCUT2D eigenvalue weighted by molar-refractivity contribution is 6.45. The Balaban J connectivity index is 2.70. The minimum atomic E-state index is -0.394. The molecular weight excluding hydrogens is 258 g/mol. The molecule has 4 N–H and O–H groups in total. The van der Waals surface area contributed by atoms with Crippen molar-refractivity contribution in [3.05, 3.63) is 24.3 Å². The van der Waals surface area contributed by atoms with Gasteiger partial charge in [-0.25, -0.2) is 0 Å². The lowest BCUT2D eigenvalue weighted by molar-refractivity contribution is 0.110. The first-order chi connectivity index (χ1) is 9.69. The summed E-state index contributed by atoms with van der Waals surface area (Å²) in [5.74, 6) is 0.187. The second kappa shape index (κ2) is 8.50. The van der Waals surface area contributed by atoms with E-state index in [0.717, 1.165) is 0 Å². The fourth-order valence-corrected chi connectivity index (χ4v) is 1.30. The van der Waals surface area contributed by atoms with Crippen molar-refractivity contribution in [2.75, 3.05) is 25.2 Å². The van der Waals surface area contributed by atoms with Crippen molar-refractivity contribution >= 4 is 17.2 Å². The van der Waals surface area contributed by atoms with Crippen LogP contribution in [0.2, 0.25) is 0 Å². The number of ether oxygens (including phenoxy) is 2. The average molecular weight is 275 g/mol. The number of hydrogen-bond acceptors (Lipinski definition) is 6. The van der Waals surface area contributed by atoms with Crippen LogP contribution < -0.4 is 15.9 Å². The Morgan fingerprint density at radius 2 is 2.20 bits per heavy atom. The monoisotopic (exact) mass is 275 g/mol. The third-order valence-corrected chi connectivity index (χ3v) is 2.23. The third-order valence-electron chi connectivity index (χ3n) is 2.23. The highest BCUT2D eigenvalue weighted by Crippen LogP contribution is 2.23. The molecule has 20 heavy (non-hydrogen) atoms. The number of nitrogens with one attached hydrogen (secondary N) is 2.